The van der Waals surface area contributed by atoms with Gasteiger partial charge in [-0.25, -0.2) is 0 Å². The van der Waals surface area contributed by atoms with Crippen molar-refractivity contribution in [2.45, 2.75) is 83.8 Å². The van der Waals surface area contributed by atoms with E-state index in [1.165, 1.54) is 13.0 Å². The number of hydrogen-bond acceptors (Lipinski definition) is 6. The number of nitrogens with zero attached hydrogens (tertiary/aromatic N) is 5. The topological polar surface area (TPSA) is 103 Å². The highest BCUT2D eigenvalue weighted by atomic mass is 16.2. The fraction of sp³-hybridized carbons (Fsp3) is 0.778. The second-order valence-electron chi connectivity index (χ2n) is 11.1. The lowest BCUT2D eigenvalue weighted by molar-refractivity contribution is -0.133. The zero-order valence-corrected chi connectivity index (χ0v) is 22.9. The first-order valence-electron chi connectivity index (χ1n) is 14.3. The smallest absolute Gasteiger partial charge is 0.273 e. The number of hydrogen-bond donors (Lipinski definition) is 2. The molecule has 1 saturated heterocycles. The predicted molar refractivity (Wildman–Crippen MR) is 142 cm³/mol. The maximum atomic E-state index is 13.4. The second kappa shape index (κ2) is 12.4. The van der Waals surface area contributed by atoms with Crippen LogP contribution in [-0.2, 0) is 11.3 Å². The molecule has 1 aliphatic carbocycles. The summed E-state index contributed by atoms with van der Waals surface area (Å²) in [5.41, 5.74) is -0.438. The first-order valence-corrected chi connectivity index (χ1v) is 14.3. The van der Waals surface area contributed by atoms with Gasteiger partial charge in [0, 0.05) is 51.4 Å². The Morgan fingerprint density at radius 3 is 2.32 bits per heavy atom. The molecule has 2 N–H and O–H groups in total. The number of fused-ring (bicyclic) bond motifs is 1. The molecule has 2 aliphatic heterocycles. The Morgan fingerprint density at radius 1 is 1.03 bits per heavy atom. The summed E-state index contributed by atoms with van der Waals surface area (Å²) in [6, 6.07) is 1.74. The average Bonchev–Trinajstić information content (AvgIpc) is 3.55. The van der Waals surface area contributed by atoms with E-state index < -0.39 is 5.54 Å². The van der Waals surface area contributed by atoms with Crippen LogP contribution in [0.3, 0.4) is 0 Å². The van der Waals surface area contributed by atoms with Gasteiger partial charge in [-0.15, -0.1) is 0 Å². The number of carbonyl (C=O) groups excluding carboxylic acids is 3. The Labute approximate surface area is 221 Å². The molecule has 1 unspecified atom stereocenters. The van der Waals surface area contributed by atoms with Crippen LogP contribution in [0.4, 0.5) is 0 Å². The van der Waals surface area contributed by atoms with Crippen molar-refractivity contribution in [3.63, 3.8) is 0 Å². The van der Waals surface area contributed by atoms with Crippen molar-refractivity contribution < 1.29 is 14.4 Å². The molecule has 3 amide bonds. The maximum Gasteiger partial charge on any atom is 0.273 e. The molecule has 3 heterocycles. The number of rotatable bonds is 11. The molecule has 1 aromatic rings. The molecular weight excluding hydrogens is 470 g/mol. The summed E-state index contributed by atoms with van der Waals surface area (Å²) in [4.78, 5) is 46.3. The molecule has 0 bridgehead atoms. The summed E-state index contributed by atoms with van der Waals surface area (Å²) in [7, 11) is 0. The van der Waals surface area contributed by atoms with E-state index >= 15 is 0 Å². The van der Waals surface area contributed by atoms with Gasteiger partial charge < -0.3 is 25.3 Å². The SMILES string of the molecule is CCCN1CCN(CCCNC(=O)c2cc3n(n2)CC(C)(C(=O)NC2CCCC2)N(CCC)C3=O)CC1. The quantitative estimate of drug-likeness (QED) is 0.435. The molecular formula is C27H45N7O3. The van der Waals surface area contributed by atoms with Crippen LogP contribution in [0.15, 0.2) is 6.07 Å². The van der Waals surface area contributed by atoms with Gasteiger partial charge in [-0.1, -0.05) is 26.7 Å². The third-order valence-electron chi connectivity index (χ3n) is 8.10. The molecule has 10 nitrogen and oxygen atoms in total. The van der Waals surface area contributed by atoms with Crippen molar-refractivity contribution in [3.05, 3.63) is 17.5 Å². The number of amides is 3. The van der Waals surface area contributed by atoms with Crippen molar-refractivity contribution in [3.8, 4) is 0 Å². The molecule has 1 saturated carbocycles. The molecule has 0 spiro atoms. The molecule has 3 aliphatic rings. The Morgan fingerprint density at radius 2 is 1.68 bits per heavy atom. The van der Waals surface area contributed by atoms with Crippen LogP contribution < -0.4 is 10.6 Å². The molecule has 1 atom stereocenters. The van der Waals surface area contributed by atoms with Crippen molar-refractivity contribution in [2.75, 3.05) is 52.4 Å². The zero-order chi connectivity index (χ0) is 26.4. The van der Waals surface area contributed by atoms with Gasteiger partial charge in [-0.3, -0.25) is 19.1 Å². The number of carbonyl (C=O) groups is 3. The van der Waals surface area contributed by atoms with Crippen LogP contribution in [0.5, 0.6) is 0 Å². The van der Waals surface area contributed by atoms with Crippen molar-refractivity contribution in [1.29, 1.82) is 0 Å². The molecule has 10 heteroatoms. The highest BCUT2D eigenvalue weighted by Crippen LogP contribution is 2.29. The standard InChI is InChI=1S/C27H45N7O3/c1-4-12-31-15-17-32(18-16-31)14-8-11-28-24(35)22-19-23-25(36)33(13-5-2)27(3,20-34(23)30-22)26(37)29-21-9-6-7-10-21/h19,21H,4-18,20H2,1-3H3,(H,28,35)(H,29,37). The fourth-order valence-corrected chi connectivity index (χ4v) is 5.88. The largest absolute Gasteiger partial charge is 0.351 e. The van der Waals surface area contributed by atoms with Gasteiger partial charge in [-0.05, 0) is 52.1 Å². The van der Waals surface area contributed by atoms with Crippen LogP contribution in [0.25, 0.3) is 0 Å². The molecule has 4 rings (SSSR count). The van der Waals surface area contributed by atoms with Crippen LogP contribution in [0, 0.1) is 0 Å². The van der Waals surface area contributed by atoms with Gasteiger partial charge >= 0.3 is 0 Å². The lowest BCUT2D eigenvalue weighted by Crippen LogP contribution is -2.65. The normalized spacial score (nSPS) is 23.3. The Bertz CT molecular complexity index is 950. The minimum atomic E-state index is -1.04. The van der Waals surface area contributed by atoms with Gasteiger partial charge in [0.1, 0.15) is 11.2 Å². The van der Waals surface area contributed by atoms with E-state index in [4.69, 9.17) is 0 Å². The second-order valence-corrected chi connectivity index (χ2v) is 11.1. The molecule has 0 radical (unpaired) electrons. The van der Waals surface area contributed by atoms with Gasteiger partial charge in [0.25, 0.3) is 11.8 Å². The predicted octanol–water partition coefficient (Wildman–Crippen LogP) is 1.71. The monoisotopic (exact) mass is 515 g/mol. The highest BCUT2D eigenvalue weighted by Gasteiger charge is 2.48. The van der Waals surface area contributed by atoms with E-state index in [2.05, 4.69) is 32.5 Å². The lowest BCUT2D eigenvalue weighted by Gasteiger charge is -2.43. The van der Waals surface area contributed by atoms with E-state index in [1.54, 1.807) is 15.6 Å². The third-order valence-corrected chi connectivity index (χ3v) is 8.10. The van der Waals surface area contributed by atoms with Crippen LogP contribution >= 0.6 is 0 Å². The van der Waals surface area contributed by atoms with Gasteiger partial charge in [0.2, 0.25) is 5.91 Å². The van der Waals surface area contributed by atoms with Crippen molar-refractivity contribution in [1.82, 2.24) is 35.1 Å². The van der Waals surface area contributed by atoms with E-state index in [1.807, 2.05) is 13.8 Å². The Balaban J connectivity index is 1.33. The summed E-state index contributed by atoms with van der Waals surface area (Å²) in [6.07, 6.45) is 7.01. The molecule has 206 valence electrons. The fourth-order valence-electron chi connectivity index (χ4n) is 5.88. The third kappa shape index (κ3) is 6.34. The van der Waals surface area contributed by atoms with Crippen molar-refractivity contribution >= 4 is 17.7 Å². The lowest BCUT2D eigenvalue weighted by atomic mass is 9.94. The summed E-state index contributed by atoms with van der Waals surface area (Å²) in [6.45, 7) is 13.8. The Kier molecular flexibility index (Phi) is 9.23. The van der Waals surface area contributed by atoms with Crippen LogP contribution in [0.1, 0.15) is 86.7 Å². The summed E-state index contributed by atoms with van der Waals surface area (Å²) in [5, 5.41) is 10.6. The van der Waals surface area contributed by atoms with Crippen LogP contribution in [0.2, 0.25) is 0 Å². The highest BCUT2D eigenvalue weighted by molar-refractivity contribution is 6.01. The Hall–Kier alpha value is -2.46. The molecule has 0 aromatic carbocycles. The number of piperazine rings is 1. The summed E-state index contributed by atoms with van der Waals surface area (Å²) < 4.78 is 1.55. The van der Waals surface area contributed by atoms with Gasteiger partial charge in [-0.2, -0.15) is 5.10 Å². The minimum absolute atomic E-state index is 0.135. The van der Waals surface area contributed by atoms with E-state index in [0.29, 0.717) is 18.8 Å². The van der Waals surface area contributed by atoms with E-state index in [9.17, 15) is 14.4 Å². The van der Waals surface area contributed by atoms with Crippen LogP contribution in [-0.4, -0.2) is 106 Å². The van der Waals surface area contributed by atoms with Gasteiger partial charge in [0.15, 0.2) is 5.69 Å². The molecule has 37 heavy (non-hydrogen) atoms. The van der Waals surface area contributed by atoms with Crippen molar-refractivity contribution in [2.24, 2.45) is 0 Å². The van der Waals surface area contributed by atoms with Gasteiger partial charge in [0.05, 0.1) is 6.54 Å². The first-order chi connectivity index (χ1) is 17.9. The molecule has 1 aromatic heterocycles. The first kappa shape index (κ1) is 27.6. The number of nitrogens with one attached hydrogen (secondary N) is 2. The molecule has 2 fully saturated rings. The van der Waals surface area contributed by atoms with E-state index in [0.717, 1.165) is 71.2 Å². The zero-order valence-electron chi connectivity index (χ0n) is 22.9. The minimum Gasteiger partial charge on any atom is -0.351 e. The van der Waals surface area contributed by atoms with E-state index in [-0.39, 0.29) is 36.0 Å². The summed E-state index contributed by atoms with van der Waals surface area (Å²) in [5.74, 6) is -0.656. The average molecular weight is 516 g/mol. The number of aromatic nitrogens is 2. The maximum absolute atomic E-state index is 13.4. The summed E-state index contributed by atoms with van der Waals surface area (Å²) >= 11 is 0.